The Labute approximate surface area is 102 Å². The molecule has 0 spiro atoms. The monoisotopic (exact) mass is 300 g/mol. The Morgan fingerprint density at radius 2 is 1.69 bits per heavy atom. The molecule has 1 rings (SSSR count). The highest BCUT2D eigenvalue weighted by Crippen LogP contribution is 2.23. The fraction of sp³-hybridized carbons (Fsp3) is 1.00. The Bertz CT molecular complexity index is 231. The highest BCUT2D eigenvalue weighted by molar-refractivity contribution is 9.10. The van der Waals surface area contributed by atoms with E-state index in [-0.39, 0.29) is 6.61 Å². The van der Waals surface area contributed by atoms with Crippen molar-refractivity contribution in [1.82, 2.24) is 0 Å². The van der Waals surface area contributed by atoms with Gasteiger partial charge >= 0.3 is 0 Å². The molecular weight excluding hydrogens is 284 g/mol. The van der Waals surface area contributed by atoms with Crippen molar-refractivity contribution in [2.24, 2.45) is 0 Å². The molecule has 0 radical (unpaired) electrons. The van der Waals surface area contributed by atoms with Gasteiger partial charge in [-0.05, 0) is 13.8 Å². The second-order valence-corrected chi connectivity index (χ2v) is 6.12. The fourth-order valence-electron chi connectivity index (χ4n) is 1.35. The lowest BCUT2D eigenvalue weighted by Crippen LogP contribution is -2.58. The average molecular weight is 301 g/mol. The van der Waals surface area contributed by atoms with Crippen LogP contribution in [0.3, 0.4) is 0 Å². The lowest BCUT2D eigenvalue weighted by molar-refractivity contribution is -0.290. The van der Waals surface area contributed by atoms with Gasteiger partial charge in [0, 0.05) is 0 Å². The first-order chi connectivity index (χ1) is 7.22. The van der Waals surface area contributed by atoms with E-state index in [4.69, 9.17) is 9.47 Å². The Hall–Kier alpha value is 0.240. The molecule has 0 saturated carbocycles. The second kappa shape index (κ2) is 5.26. The predicted octanol–water partition coefficient (Wildman–Crippen LogP) is -1.07. The quantitative estimate of drug-likeness (QED) is 0.496. The van der Waals surface area contributed by atoms with Crippen LogP contribution in [0.2, 0.25) is 0 Å². The first-order valence-electron chi connectivity index (χ1n) is 4.93. The van der Waals surface area contributed by atoms with Gasteiger partial charge in [0.05, 0.1) is 6.61 Å². The summed E-state index contributed by atoms with van der Waals surface area (Å²) < 4.78 is 9.63. The molecule has 0 bridgehead atoms. The van der Waals surface area contributed by atoms with Gasteiger partial charge in [-0.3, -0.25) is 0 Å². The molecule has 1 aliphatic rings. The molecule has 0 aromatic rings. The van der Waals surface area contributed by atoms with Crippen molar-refractivity contribution in [1.29, 1.82) is 0 Å². The molecular formula is C9H17BrO6. The number of hydrogen-bond donors (Lipinski definition) is 4. The minimum atomic E-state index is -1.52. The number of hydrogen-bond acceptors (Lipinski definition) is 6. The molecule has 16 heavy (non-hydrogen) atoms. The van der Waals surface area contributed by atoms with Crippen LogP contribution in [-0.4, -0.2) is 62.2 Å². The van der Waals surface area contributed by atoms with Gasteiger partial charge in [-0.25, -0.2) is 0 Å². The zero-order valence-electron chi connectivity index (χ0n) is 9.08. The normalized spacial score (nSPS) is 41.1. The largest absolute Gasteiger partial charge is 0.387 e. The maximum atomic E-state index is 9.58. The third kappa shape index (κ3) is 3.63. The number of ether oxygens (including phenoxy) is 2. The predicted molar refractivity (Wildman–Crippen MR) is 57.9 cm³/mol. The van der Waals surface area contributed by atoms with Gasteiger partial charge in [-0.1, -0.05) is 15.9 Å². The average Bonchev–Trinajstić information content (AvgIpc) is 2.17. The molecule has 0 aromatic carbocycles. The summed E-state index contributed by atoms with van der Waals surface area (Å²) in [5.74, 6) is 0. The minimum absolute atomic E-state index is 0.0136. The summed E-state index contributed by atoms with van der Waals surface area (Å²) >= 11 is 3.23. The van der Waals surface area contributed by atoms with Crippen LogP contribution in [0.4, 0.5) is 0 Å². The molecule has 1 saturated heterocycles. The summed E-state index contributed by atoms with van der Waals surface area (Å²) in [7, 11) is 0. The molecule has 0 aromatic heterocycles. The van der Waals surface area contributed by atoms with Crippen LogP contribution in [-0.2, 0) is 9.47 Å². The van der Waals surface area contributed by atoms with Crippen molar-refractivity contribution in [2.75, 3.05) is 6.61 Å². The number of aliphatic hydroxyl groups excluding tert-OH is 4. The lowest BCUT2D eigenvalue weighted by Gasteiger charge is -2.38. The van der Waals surface area contributed by atoms with Crippen LogP contribution in [0.15, 0.2) is 0 Å². The summed E-state index contributed by atoms with van der Waals surface area (Å²) in [4.78, 5) is 0. The van der Waals surface area contributed by atoms with Crippen molar-refractivity contribution >= 4 is 15.9 Å². The van der Waals surface area contributed by atoms with Crippen molar-refractivity contribution in [2.45, 2.75) is 49.1 Å². The van der Waals surface area contributed by atoms with Gasteiger partial charge in [-0.2, -0.15) is 0 Å². The summed E-state index contributed by atoms with van der Waals surface area (Å²) in [6, 6.07) is 0. The molecule has 5 atom stereocenters. The van der Waals surface area contributed by atoms with E-state index < -0.39 is 35.2 Å². The summed E-state index contributed by atoms with van der Waals surface area (Å²) in [6.45, 7) is 3.49. The number of rotatable bonds is 3. The van der Waals surface area contributed by atoms with Crippen molar-refractivity contribution < 1.29 is 29.9 Å². The molecule has 96 valence electrons. The van der Waals surface area contributed by atoms with E-state index in [1.165, 1.54) is 0 Å². The van der Waals surface area contributed by atoms with Crippen LogP contribution in [0, 0.1) is 0 Å². The van der Waals surface area contributed by atoms with Gasteiger partial charge in [0.2, 0.25) is 0 Å². The molecule has 1 fully saturated rings. The second-order valence-electron chi connectivity index (χ2n) is 4.21. The molecule has 7 heteroatoms. The van der Waals surface area contributed by atoms with Crippen molar-refractivity contribution in [3.8, 4) is 0 Å². The van der Waals surface area contributed by atoms with Gasteiger partial charge in [0.1, 0.15) is 28.9 Å². The van der Waals surface area contributed by atoms with Gasteiger partial charge < -0.3 is 29.9 Å². The Morgan fingerprint density at radius 1 is 1.12 bits per heavy atom. The Balaban J connectivity index is 2.54. The van der Waals surface area contributed by atoms with E-state index in [2.05, 4.69) is 15.9 Å². The molecule has 5 unspecified atom stereocenters. The van der Waals surface area contributed by atoms with E-state index in [9.17, 15) is 20.4 Å². The smallest absolute Gasteiger partial charge is 0.184 e. The third-order valence-corrected chi connectivity index (χ3v) is 2.51. The van der Waals surface area contributed by atoms with E-state index in [0.717, 1.165) is 0 Å². The van der Waals surface area contributed by atoms with Gasteiger partial charge in [0.15, 0.2) is 6.29 Å². The SMILES string of the molecule is CC(C)(Br)OCC1OC(O)C(O)C(O)C1O. The summed E-state index contributed by atoms with van der Waals surface area (Å²) in [5.41, 5.74) is 0. The van der Waals surface area contributed by atoms with Gasteiger partial charge in [0.25, 0.3) is 0 Å². The van der Waals surface area contributed by atoms with Crippen LogP contribution in [0.1, 0.15) is 13.8 Å². The topological polar surface area (TPSA) is 99.4 Å². The lowest BCUT2D eigenvalue weighted by atomic mass is 9.99. The van der Waals surface area contributed by atoms with E-state index in [1.807, 2.05) is 0 Å². The van der Waals surface area contributed by atoms with Crippen molar-refractivity contribution in [3.05, 3.63) is 0 Å². The zero-order valence-corrected chi connectivity index (χ0v) is 10.7. The highest BCUT2D eigenvalue weighted by Gasteiger charge is 2.43. The molecule has 0 amide bonds. The van der Waals surface area contributed by atoms with E-state index in [1.54, 1.807) is 13.8 Å². The molecule has 1 aliphatic heterocycles. The molecule has 1 heterocycles. The summed E-state index contributed by atoms with van der Waals surface area (Å²) in [5, 5.41) is 37.5. The maximum absolute atomic E-state index is 9.58. The van der Waals surface area contributed by atoms with E-state index in [0.29, 0.717) is 0 Å². The third-order valence-electron chi connectivity index (χ3n) is 2.28. The summed E-state index contributed by atoms with van der Waals surface area (Å²) in [6.07, 6.45) is -6.66. The molecule has 4 N–H and O–H groups in total. The molecule has 6 nitrogen and oxygen atoms in total. The number of aliphatic hydroxyl groups is 4. The maximum Gasteiger partial charge on any atom is 0.184 e. The Kier molecular flexibility index (Phi) is 4.70. The fourth-order valence-corrected chi connectivity index (χ4v) is 1.48. The van der Waals surface area contributed by atoms with Gasteiger partial charge in [-0.15, -0.1) is 0 Å². The first-order valence-corrected chi connectivity index (χ1v) is 5.72. The van der Waals surface area contributed by atoms with E-state index >= 15 is 0 Å². The highest BCUT2D eigenvalue weighted by atomic mass is 79.9. The zero-order chi connectivity index (χ0) is 12.5. The van der Waals surface area contributed by atoms with Crippen LogP contribution in [0.5, 0.6) is 0 Å². The van der Waals surface area contributed by atoms with Crippen LogP contribution in [0.25, 0.3) is 0 Å². The Morgan fingerprint density at radius 3 is 2.19 bits per heavy atom. The van der Waals surface area contributed by atoms with Crippen LogP contribution >= 0.6 is 15.9 Å². The standard InChI is InChI=1S/C9H17BrO6/c1-9(2,10)15-3-4-5(11)6(12)7(13)8(14)16-4/h4-8,11-14H,3H2,1-2H3. The first kappa shape index (κ1) is 14.3. The molecule has 0 aliphatic carbocycles. The van der Waals surface area contributed by atoms with Crippen molar-refractivity contribution in [3.63, 3.8) is 0 Å². The minimum Gasteiger partial charge on any atom is -0.387 e. The number of halogens is 1. The van der Waals surface area contributed by atoms with Crippen LogP contribution < -0.4 is 0 Å². The number of alkyl halides is 1.